The van der Waals surface area contributed by atoms with Gasteiger partial charge in [-0.05, 0) is 29.7 Å². The van der Waals surface area contributed by atoms with Crippen LogP contribution in [0.2, 0.25) is 0 Å². The Labute approximate surface area is 128 Å². The second-order valence-corrected chi connectivity index (χ2v) is 6.76. The minimum absolute atomic E-state index is 0.117. The fourth-order valence-corrected chi connectivity index (χ4v) is 3.60. The zero-order valence-electron chi connectivity index (χ0n) is 12.3. The van der Waals surface area contributed by atoms with Crippen LogP contribution in [0.25, 0.3) is 0 Å². The van der Waals surface area contributed by atoms with Crippen molar-refractivity contribution in [2.45, 2.75) is 45.2 Å². The summed E-state index contributed by atoms with van der Waals surface area (Å²) in [4.78, 5) is 24.0. The first-order valence-corrected chi connectivity index (χ1v) is 8.20. The van der Waals surface area contributed by atoms with Crippen LogP contribution in [0.1, 0.15) is 44.0 Å². The van der Waals surface area contributed by atoms with Gasteiger partial charge in [-0.2, -0.15) is 0 Å². The molecule has 116 valence electrons. The van der Waals surface area contributed by atoms with Crippen LogP contribution in [-0.2, 0) is 4.79 Å². The monoisotopic (exact) mass is 310 g/mol. The van der Waals surface area contributed by atoms with Gasteiger partial charge in [0.25, 0.3) is 0 Å². The number of amides is 2. The Kier molecular flexibility index (Phi) is 5.22. The molecule has 6 heteroatoms. The molecule has 0 radical (unpaired) electrons. The van der Waals surface area contributed by atoms with E-state index in [1.165, 1.54) is 17.8 Å². The number of hydrogen-bond donors (Lipinski definition) is 3. The van der Waals surface area contributed by atoms with Crippen molar-refractivity contribution >= 4 is 23.3 Å². The summed E-state index contributed by atoms with van der Waals surface area (Å²) in [5.74, 6) is -0.0520. The molecule has 4 atom stereocenters. The Bertz CT molecular complexity index is 489. The van der Waals surface area contributed by atoms with Crippen LogP contribution < -0.4 is 10.6 Å². The molecule has 0 bridgehead atoms. The Morgan fingerprint density at radius 3 is 2.76 bits per heavy atom. The maximum atomic E-state index is 12.1. The van der Waals surface area contributed by atoms with Crippen LogP contribution in [0, 0.1) is 11.8 Å². The Morgan fingerprint density at radius 1 is 1.38 bits per heavy atom. The van der Waals surface area contributed by atoms with Gasteiger partial charge < -0.3 is 15.7 Å². The van der Waals surface area contributed by atoms with Gasteiger partial charge in [-0.3, -0.25) is 0 Å². The van der Waals surface area contributed by atoms with Gasteiger partial charge in [0.1, 0.15) is 0 Å². The summed E-state index contributed by atoms with van der Waals surface area (Å²) >= 11 is 1.33. The van der Waals surface area contributed by atoms with Crippen molar-refractivity contribution in [1.82, 2.24) is 10.6 Å². The average molecular weight is 310 g/mol. The first kappa shape index (κ1) is 15.8. The standard InChI is InChI=1S/C15H22N2O3S/c1-9-5-3-6-11(10(9)2)16-15(20)17-13(14(18)19)12-7-4-8-21-12/h4,7-11,13H,3,5-6H2,1-2H3,(H,18,19)(H2,16,17,20). The minimum atomic E-state index is -1.04. The molecule has 21 heavy (non-hydrogen) atoms. The summed E-state index contributed by atoms with van der Waals surface area (Å²) in [6.45, 7) is 4.34. The zero-order valence-corrected chi connectivity index (χ0v) is 13.2. The third-order valence-corrected chi connectivity index (χ3v) is 5.31. The molecule has 0 spiro atoms. The first-order valence-electron chi connectivity index (χ1n) is 7.32. The van der Waals surface area contributed by atoms with Gasteiger partial charge in [0.15, 0.2) is 6.04 Å². The number of carbonyl (C=O) groups excluding carboxylic acids is 1. The molecule has 1 aromatic heterocycles. The van der Waals surface area contributed by atoms with Crippen LogP contribution in [0.15, 0.2) is 17.5 Å². The third kappa shape index (κ3) is 3.97. The van der Waals surface area contributed by atoms with Gasteiger partial charge >= 0.3 is 12.0 Å². The second kappa shape index (κ2) is 6.93. The van der Waals surface area contributed by atoms with Gasteiger partial charge in [-0.25, -0.2) is 9.59 Å². The number of carboxylic acids is 1. The number of carboxylic acid groups (broad SMARTS) is 1. The molecular weight excluding hydrogens is 288 g/mol. The highest BCUT2D eigenvalue weighted by Crippen LogP contribution is 2.29. The van der Waals surface area contributed by atoms with E-state index in [1.807, 2.05) is 0 Å². The Hall–Kier alpha value is -1.56. The van der Waals surface area contributed by atoms with E-state index in [-0.39, 0.29) is 6.04 Å². The normalized spacial score (nSPS) is 26.9. The fourth-order valence-electron chi connectivity index (χ4n) is 2.84. The van der Waals surface area contributed by atoms with E-state index in [0.717, 1.165) is 12.8 Å². The molecule has 1 aliphatic rings. The van der Waals surface area contributed by atoms with Crippen molar-refractivity contribution in [2.24, 2.45) is 11.8 Å². The molecule has 1 heterocycles. The zero-order chi connectivity index (χ0) is 15.4. The summed E-state index contributed by atoms with van der Waals surface area (Å²) in [6, 6.07) is 2.23. The van der Waals surface area contributed by atoms with Gasteiger partial charge in [0.05, 0.1) is 0 Å². The molecule has 2 rings (SSSR count). The van der Waals surface area contributed by atoms with Crippen LogP contribution in [0.4, 0.5) is 4.79 Å². The summed E-state index contributed by atoms with van der Waals surface area (Å²) in [5, 5.41) is 16.6. The van der Waals surface area contributed by atoms with Crippen molar-refractivity contribution < 1.29 is 14.7 Å². The fraction of sp³-hybridized carbons (Fsp3) is 0.600. The number of thiophene rings is 1. The van der Waals surface area contributed by atoms with Crippen molar-refractivity contribution in [2.75, 3.05) is 0 Å². The van der Waals surface area contributed by atoms with Gasteiger partial charge in [-0.1, -0.05) is 32.8 Å². The molecule has 1 aromatic rings. The molecule has 1 fully saturated rings. The second-order valence-electron chi connectivity index (χ2n) is 5.78. The maximum Gasteiger partial charge on any atom is 0.331 e. The molecule has 4 unspecified atom stereocenters. The van der Waals surface area contributed by atoms with Gasteiger partial charge in [-0.15, -0.1) is 11.3 Å². The average Bonchev–Trinajstić information content (AvgIpc) is 2.95. The van der Waals surface area contributed by atoms with E-state index in [2.05, 4.69) is 24.5 Å². The molecule has 3 N–H and O–H groups in total. The summed E-state index contributed by atoms with van der Waals surface area (Å²) in [6.07, 6.45) is 3.24. The smallest absolute Gasteiger partial charge is 0.331 e. The lowest BCUT2D eigenvalue weighted by atomic mass is 9.78. The highest BCUT2D eigenvalue weighted by molar-refractivity contribution is 7.10. The lowest BCUT2D eigenvalue weighted by Crippen LogP contribution is -2.49. The Balaban J connectivity index is 1.95. The van der Waals surface area contributed by atoms with Crippen LogP contribution in [-0.4, -0.2) is 23.1 Å². The summed E-state index contributed by atoms with van der Waals surface area (Å²) in [5.41, 5.74) is 0. The number of aliphatic carboxylic acids is 1. The topological polar surface area (TPSA) is 78.4 Å². The molecule has 1 saturated carbocycles. The van der Waals surface area contributed by atoms with Crippen LogP contribution in [0.5, 0.6) is 0 Å². The summed E-state index contributed by atoms with van der Waals surface area (Å²) < 4.78 is 0. The number of hydrogen-bond acceptors (Lipinski definition) is 3. The molecule has 0 saturated heterocycles. The number of urea groups is 1. The molecule has 0 aliphatic heterocycles. The predicted octanol–water partition coefficient (Wildman–Crippen LogP) is 3.00. The largest absolute Gasteiger partial charge is 0.479 e. The van der Waals surface area contributed by atoms with Crippen molar-refractivity contribution in [3.8, 4) is 0 Å². The maximum absolute atomic E-state index is 12.1. The number of carbonyl (C=O) groups is 2. The third-order valence-electron chi connectivity index (χ3n) is 4.37. The molecule has 1 aliphatic carbocycles. The predicted molar refractivity (Wildman–Crippen MR) is 82.3 cm³/mol. The van der Waals surface area contributed by atoms with E-state index >= 15 is 0 Å². The van der Waals surface area contributed by atoms with E-state index < -0.39 is 18.0 Å². The first-order chi connectivity index (χ1) is 9.99. The summed E-state index contributed by atoms with van der Waals surface area (Å²) in [7, 11) is 0. The van der Waals surface area contributed by atoms with E-state index in [4.69, 9.17) is 0 Å². The van der Waals surface area contributed by atoms with Crippen molar-refractivity contribution in [3.63, 3.8) is 0 Å². The number of nitrogens with one attached hydrogen (secondary N) is 2. The van der Waals surface area contributed by atoms with Gasteiger partial charge in [0.2, 0.25) is 0 Å². The van der Waals surface area contributed by atoms with Crippen molar-refractivity contribution in [3.05, 3.63) is 22.4 Å². The number of rotatable bonds is 4. The van der Waals surface area contributed by atoms with Crippen LogP contribution in [0.3, 0.4) is 0 Å². The quantitative estimate of drug-likeness (QED) is 0.800. The molecule has 5 nitrogen and oxygen atoms in total. The molecular formula is C15H22N2O3S. The molecule has 0 aromatic carbocycles. The Morgan fingerprint density at radius 2 is 2.14 bits per heavy atom. The highest BCUT2D eigenvalue weighted by Gasteiger charge is 2.29. The molecule has 2 amide bonds. The lowest BCUT2D eigenvalue weighted by Gasteiger charge is -2.34. The lowest BCUT2D eigenvalue weighted by molar-refractivity contribution is -0.139. The van der Waals surface area contributed by atoms with E-state index in [1.54, 1.807) is 17.5 Å². The van der Waals surface area contributed by atoms with Gasteiger partial charge in [0, 0.05) is 10.9 Å². The SMILES string of the molecule is CC1CCCC(NC(=O)NC(C(=O)O)c2cccs2)C1C. The van der Waals surface area contributed by atoms with Crippen LogP contribution >= 0.6 is 11.3 Å². The highest BCUT2D eigenvalue weighted by atomic mass is 32.1. The minimum Gasteiger partial charge on any atom is -0.479 e. The van der Waals surface area contributed by atoms with E-state index in [0.29, 0.717) is 16.7 Å². The van der Waals surface area contributed by atoms with E-state index in [9.17, 15) is 14.7 Å². The van der Waals surface area contributed by atoms with Crippen molar-refractivity contribution in [1.29, 1.82) is 0 Å².